The fraction of sp³-hybridized carbons (Fsp3) is 0.455. The van der Waals surface area contributed by atoms with Gasteiger partial charge in [-0.3, -0.25) is 19.9 Å². The van der Waals surface area contributed by atoms with E-state index in [1.54, 1.807) is 6.07 Å². The summed E-state index contributed by atoms with van der Waals surface area (Å²) in [5, 5.41) is 10.7. The average molecular weight is 410 g/mol. The molecule has 0 N–H and O–H groups in total. The molecular weight excluding hydrogens is 384 g/mol. The molecule has 2 aromatic rings. The van der Waals surface area contributed by atoms with Crippen molar-refractivity contribution in [1.82, 2.24) is 9.88 Å². The second-order valence-corrected chi connectivity index (χ2v) is 8.06. The Morgan fingerprint density at radius 1 is 1.20 bits per heavy atom. The SMILES string of the molecule is CC1OC2(CCN(CCc3ccc([N+](=O)[O-])cn3)CC2)CN(c2ccccc2)C1=O. The van der Waals surface area contributed by atoms with Gasteiger partial charge in [0.25, 0.3) is 11.6 Å². The number of para-hydroxylation sites is 1. The number of pyridine rings is 1. The Morgan fingerprint density at radius 3 is 2.57 bits per heavy atom. The van der Waals surface area contributed by atoms with Gasteiger partial charge in [-0.25, -0.2) is 0 Å². The van der Waals surface area contributed by atoms with Crippen LogP contribution in [0.3, 0.4) is 0 Å². The van der Waals surface area contributed by atoms with Gasteiger partial charge in [0, 0.05) is 43.5 Å². The van der Waals surface area contributed by atoms with Crippen LogP contribution in [-0.2, 0) is 16.0 Å². The predicted molar refractivity (Wildman–Crippen MR) is 112 cm³/mol. The molecule has 2 fully saturated rings. The Balaban J connectivity index is 1.35. The molecule has 2 aliphatic rings. The zero-order valence-electron chi connectivity index (χ0n) is 17.1. The molecule has 30 heavy (non-hydrogen) atoms. The van der Waals surface area contributed by atoms with Gasteiger partial charge in [0.2, 0.25) is 0 Å². The van der Waals surface area contributed by atoms with Crippen LogP contribution in [-0.4, -0.2) is 58.6 Å². The Hall–Kier alpha value is -2.84. The van der Waals surface area contributed by atoms with Crippen molar-refractivity contribution in [2.75, 3.05) is 31.1 Å². The van der Waals surface area contributed by atoms with Gasteiger partial charge >= 0.3 is 0 Å². The average Bonchev–Trinajstić information content (AvgIpc) is 2.77. The van der Waals surface area contributed by atoms with Crippen LogP contribution >= 0.6 is 0 Å². The number of morpholine rings is 1. The van der Waals surface area contributed by atoms with Gasteiger partial charge in [0.05, 0.1) is 17.1 Å². The van der Waals surface area contributed by atoms with Crippen molar-refractivity contribution in [3.05, 3.63) is 64.5 Å². The summed E-state index contributed by atoms with van der Waals surface area (Å²) < 4.78 is 6.23. The molecule has 8 nitrogen and oxygen atoms in total. The highest BCUT2D eigenvalue weighted by molar-refractivity contribution is 5.97. The molecule has 0 bridgehead atoms. The van der Waals surface area contributed by atoms with Gasteiger partial charge in [-0.05, 0) is 38.0 Å². The number of likely N-dealkylation sites (tertiary alicyclic amines) is 1. The van der Waals surface area contributed by atoms with Crippen LogP contribution in [0.1, 0.15) is 25.5 Å². The van der Waals surface area contributed by atoms with Crippen LogP contribution in [0.2, 0.25) is 0 Å². The third-order valence-electron chi connectivity index (χ3n) is 6.03. The Morgan fingerprint density at radius 2 is 1.93 bits per heavy atom. The van der Waals surface area contributed by atoms with E-state index < -0.39 is 11.0 Å². The Labute approximate surface area is 175 Å². The summed E-state index contributed by atoms with van der Waals surface area (Å²) in [6.07, 6.45) is 3.34. The van der Waals surface area contributed by atoms with Crippen molar-refractivity contribution in [2.24, 2.45) is 0 Å². The van der Waals surface area contributed by atoms with Crippen molar-refractivity contribution in [3.63, 3.8) is 0 Å². The number of nitro groups is 1. The summed E-state index contributed by atoms with van der Waals surface area (Å²) in [5.41, 5.74) is 1.47. The molecule has 0 saturated carbocycles. The molecule has 1 amide bonds. The van der Waals surface area contributed by atoms with Crippen LogP contribution in [0.4, 0.5) is 11.4 Å². The monoisotopic (exact) mass is 410 g/mol. The fourth-order valence-electron chi connectivity index (χ4n) is 4.28. The first-order valence-corrected chi connectivity index (χ1v) is 10.3. The Kier molecular flexibility index (Phi) is 5.78. The number of rotatable bonds is 5. The standard InChI is InChI=1S/C22H26N4O4/c1-17-21(27)25(19-5-3-2-4-6-19)16-22(30-17)10-13-24(14-11-22)12-9-18-7-8-20(15-23-18)26(28)29/h2-8,15,17H,9-14,16H2,1H3. The number of hydrogen-bond acceptors (Lipinski definition) is 6. The van der Waals surface area contributed by atoms with E-state index in [-0.39, 0.29) is 17.2 Å². The third-order valence-corrected chi connectivity index (χ3v) is 6.03. The molecule has 0 aliphatic carbocycles. The van der Waals surface area contributed by atoms with Crippen LogP contribution in [0.25, 0.3) is 0 Å². The van der Waals surface area contributed by atoms with E-state index >= 15 is 0 Å². The summed E-state index contributed by atoms with van der Waals surface area (Å²) in [6, 6.07) is 13.0. The number of carbonyl (C=O) groups is 1. The highest BCUT2D eigenvalue weighted by Gasteiger charge is 2.45. The summed E-state index contributed by atoms with van der Waals surface area (Å²) >= 11 is 0. The molecule has 1 spiro atoms. The number of carbonyl (C=O) groups excluding carboxylic acids is 1. The van der Waals surface area contributed by atoms with Crippen molar-refractivity contribution < 1.29 is 14.5 Å². The van der Waals surface area contributed by atoms with Gasteiger partial charge < -0.3 is 14.5 Å². The van der Waals surface area contributed by atoms with E-state index in [0.29, 0.717) is 6.54 Å². The molecule has 8 heteroatoms. The minimum Gasteiger partial charge on any atom is -0.360 e. The quantitative estimate of drug-likeness (QED) is 0.556. The molecule has 2 aliphatic heterocycles. The third kappa shape index (κ3) is 4.34. The molecular formula is C22H26N4O4. The molecule has 1 aromatic heterocycles. The van der Waals surface area contributed by atoms with E-state index in [1.165, 1.54) is 12.3 Å². The first kappa shape index (κ1) is 20.4. The molecule has 1 aromatic carbocycles. The van der Waals surface area contributed by atoms with E-state index in [0.717, 1.165) is 50.3 Å². The predicted octanol–water partition coefficient (Wildman–Crippen LogP) is 2.82. The van der Waals surface area contributed by atoms with Gasteiger partial charge in [0.15, 0.2) is 0 Å². The van der Waals surface area contributed by atoms with Crippen LogP contribution < -0.4 is 4.90 Å². The van der Waals surface area contributed by atoms with Crippen molar-refractivity contribution >= 4 is 17.3 Å². The number of aromatic nitrogens is 1. The number of piperidine rings is 1. The fourth-order valence-corrected chi connectivity index (χ4v) is 4.28. The molecule has 2 saturated heterocycles. The molecule has 1 unspecified atom stereocenters. The highest BCUT2D eigenvalue weighted by Crippen LogP contribution is 2.35. The molecule has 158 valence electrons. The minimum absolute atomic E-state index is 0.0125. The molecule has 1 atom stereocenters. The Bertz CT molecular complexity index is 895. The topological polar surface area (TPSA) is 88.8 Å². The second-order valence-electron chi connectivity index (χ2n) is 8.06. The number of amides is 1. The number of benzene rings is 1. The van der Waals surface area contributed by atoms with E-state index in [4.69, 9.17) is 4.74 Å². The maximum Gasteiger partial charge on any atom is 0.287 e. The number of ether oxygens (including phenoxy) is 1. The number of hydrogen-bond donors (Lipinski definition) is 0. The van der Waals surface area contributed by atoms with Crippen molar-refractivity contribution in [2.45, 2.75) is 37.9 Å². The molecule has 4 rings (SSSR count). The lowest BCUT2D eigenvalue weighted by Crippen LogP contribution is -2.61. The lowest BCUT2D eigenvalue weighted by atomic mass is 9.88. The van der Waals surface area contributed by atoms with E-state index in [2.05, 4.69) is 9.88 Å². The first-order chi connectivity index (χ1) is 14.5. The zero-order chi connectivity index (χ0) is 21.1. The molecule has 0 radical (unpaired) electrons. The summed E-state index contributed by atoms with van der Waals surface area (Å²) in [5.74, 6) is 0.0125. The van der Waals surface area contributed by atoms with Crippen molar-refractivity contribution in [1.29, 1.82) is 0 Å². The zero-order valence-corrected chi connectivity index (χ0v) is 17.1. The second kappa shape index (κ2) is 8.49. The lowest BCUT2D eigenvalue weighted by Gasteiger charge is -2.49. The number of anilines is 1. The maximum atomic E-state index is 12.7. The van der Waals surface area contributed by atoms with Crippen molar-refractivity contribution in [3.8, 4) is 0 Å². The highest BCUT2D eigenvalue weighted by atomic mass is 16.6. The van der Waals surface area contributed by atoms with Gasteiger partial charge in [-0.1, -0.05) is 18.2 Å². The maximum absolute atomic E-state index is 12.7. The molecule has 3 heterocycles. The van der Waals surface area contributed by atoms with Gasteiger partial charge in [-0.15, -0.1) is 0 Å². The number of nitrogens with zero attached hydrogens (tertiary/aromatic N) is 4. The first-order valence-electron chi connectivity index (χ1n) is 10.3. The lowest BCUT2D eigenvalue weighted by molar-refractivity contribution is -0.385. The van der Waals surface area contributed by atoms with E-state index in [9.17, 15) is 14.9 Å². The van der Waals surface area contributed by atoms with Gasteiger partial charge in [0.1, 0.15) is 12.3 Å². The summed E-state index contributed by atoms with van der Waals surface area (Å²) in [7, 11) is 0. The van der Waals surface area contributed by atoms with E-state index in [1.807, 2.05) is 42.2 Å². The summed E-state index contributed by atoms with van der Waals surface area (Å²) in [6.45, 7) is 5.04. The van der Waals surface area contributed by atoms with Crippen LogP contribution in [0.5, 0.6) is 0 Å². The largest absolute Gasteiger partial charge is 0.360 e. The minimum atomic E-state index is -0.449. The summed E-state index contributed by atoms with van der Waals surface area (Å²) in [4.78, 5) is 31.4. The van der Waals surface area contributed by atoms with Crippen LogP contribution in [0, 0.1) is 10.1 Å². The van der Waals surface area contributed by atoms with Gasteiger partial charge in [-0.2, -0.15) is 0 Å². The van der Waals surface area contributed by atoms with Crippen LogP contribution in [0.15, 0.2) is 48.7 Å². The smallest absolute Gasteiger partial charge is 0.287 e. The normalized spacial score (nSPS) is 21.7.